The Morgan fingerprint density at radius 1 is 1.28 bits per heavy atom. The highest BCUT2D eigenvalue weighted by molar-refractivity contribution is 6.17. The lowest BCUT2D eigenvalue weighted by Crippen LogP contribution is -2.20. The van der Waals surface area contributed by atoms with E-state index in [4.69, 9.17) is 13.9 Å². The van der Waals surface area contributed by atoms with Gasteiger partial charge in [-0.25, -0.2) is 9.59 Å². The maximum absolute atomic E-state index is 12.4. The molecule has 0 fully saturated rings. The van der Waals surface area contributed by atoms with Gasteiger partial charge in [0.15, 0.2) is 0 Å². The second-order valence-corrected chi connectivity index (χ2v) is 6.22. The van der Waals surface area contributed by atoms with Crippen LogP contribution in [-0.2, 0) is 11.2 Å². The zero-order valence-corrected chi connectivity index (χ0v) is 14.1. The molecule has 0 bridgehead atoms. The molecular weight excluding hydrogens is 320 g/mol. The third-order valence-corrected chi connectivity index (χ3v) is 4.57. The molecule has 0 radical (unpaired) electrons. The van der Waals surface area contributed by atoms with Crippen LogP contribution < -0.4 is 10.4 Å². The van der Waals surface area contributed by atoms with Crippen molar-refractivity contribution in [3.05, 3.63) is 51.9 Å². The molecule has 128 valence electrons. The van der Waals surface area contributed by atoms with E-state index >= 15 is 0 Å². The summed E-state index contributed by atoms with van der Waals surface area (Å²) in [7, 11) is 0. The molecule has 0 saturated carbocycles. The average Bonchev–Trinajstić information content (AvgIpc) is 2.61. The number of hydrogen-bond donors (Lipinski definition) is 0. The fraction of sp³-hybridized carbons (Fsp3) is 0.300. The second-order valence-electron chi connectivity index (χ2n) is 6.22. The molecule has 0 aliphatic carbocycles. The fourth-order valence-electron chi connectivity index (χ4n) is 3.48. The second kappa shape index (κ2) is 5.92. The van der Waals surface area contributed by atoms with Crippen molar-refractivity contribution >= 4 is 27.7 Å². The van der Waals surface area contributed by atoms with Crippen LogP contribution in [0.4, 0.5) is 0 Å². The van der Waals surface area contributed by atoms with Gasteiger partial charge in [0.25, 0.3) is 0 Å². The Hall–Kier alpha value is -2.82. The minimum Gasteiger partial charge on any atom is -0.490 e. The van der Waals surface area contributed by atoms with Crippen LogP contribution in [0.3, 0.4) is 0 Å². The van der Waals surface area contributed by atoms with Gasteiger partial charge in [-0.3, -0.25) is 0 Å². The first-order chi connectivity index (χ1) is 12.1. The van der Waals surface area contributed by atoms with Crippen molar-refractivity contribution in [2.24, 2.45) is 0 Å². The summed E-state index contributed by atoms with van der Waals surface area (Å²) in [5, 5.41) is 2.35. The molecule has 25 heavy (non-hydrogen) atoms. The summed E-state index contributed by atoms with van der Waals surface area (Å²) < 4.78 is 16.7. The summed E-state index contributed by atoms with van der Waals surface area (Å²) in [5.41, 5.74) is 0.948. The van der Waals surface area contributed by atoms with Crippen molar-refractivity contribution in [3.63, 3.8) is 0 Å². The third-order valence-electron chi connectivity index (χ3n) is 4.57. The van der Waals surface area contributed by atoms with Gasteiger partial charge in [0, 0.05) is 22.4 Å². The van der Waals surface area contributed by atoms with Crippen LogP contribution in [-0.4, -0.2) is 18.7 Å². The SMILES string of the molecule is CCOC(=O)c1cc(=O)oc2c3c(c4ccccc4c12)OC(C)CC3. The van der Waals surface area contributed by atoms with Crippen molar-refractivity contribution in [2.75, 3.05) is 6.61 Å². The number of carbonyl (C=O) groups excluding carboxylic acids is 1. The molecule has 3 aromatic rings. The largest absolute Gasteiger partial charge is 0.490 e. The molecule has 1 aliphatic heterocycles. The highest BCUT2D eigenvalue weighted by Gasteiger charge is 2.27. The number of benzene rings is 2. The van der Waals surface area contributed by atoms with E-state index in [1.165, 1.54) is 6.07 Å². The number of hydrogen-bond acceptors (Lipinski definition) is 5. The number of aryl methyl sites for hydroxylation is 1. The lowest BCUT2D eigenvalue weighted by atomic mass is 9.93. The molecule has 0 amide bonds. The van der Waals surface area contributed by atoms with Crippen molar-refractivity contribution in [1.82, 2.24) is 0 Å². The van der Waals surface area contributed by atoms with E-state index in [-0.39, 0.29) is 18.3 Å². The molecule has 1 aromatic heterocycles. The van der Waals surface area contributed by atoms with E-state index in [9.17, 15) is 9.59 Å². The predicted octanol–water partition coefficient (Wildman–Crippen LogP) is 3.84. The highest BCUT2D eigenvalue weighted by atomic mass is 16.5. The van der Waals surface area contributed by atoms with Crippen LogP contribution >= 0.6 is 0 Å². The van der Waals surface area contributed by atoms with Gasteiger partial charge in [0.2, 0.25) is 0 Å². The summed E-state index contributed by atoms with van der Waals surface area (Å²) in [4.78, 5) is 24.5. The maximum Gasteiger partial charge on any atom is 0.339 e. The molecule has 1 aliphatic rings. The van der Waals surface area contributed by atoms with Gasteiger partial charge in [0.1, 0.15) is 11.3 Å². The van der Waals surface area contributed by atoms with E-state index in [1.54, 1.807) is 6.92 Å². The maximum atomic E-state index is 12.4. The number of fused-ring (bicyclic) bond motifs is 6. The van der Waals surface area contributed by atoms with Gasteiger partial charge in [-0.1, -0.05) is 24.3 Å². The van der Waals surface area contributed by atoms with Gasteiger partial charge in [-0.15, -0.1) is 0 Å². The molecule has 2 heterocycles. The van der Waals surface area contributed by atoms with Crippen LogP contribution in [0.2, 0.25) is 0 Å². The Labute approximate surface area is 144 Å². The predicted molar refractivity (Wildman–Crippen MR) is 94.4 cm³/mol. The van der Waals surface area contributed by atoms with Crippen LogP contribution in [0.1, 0.15) is 36.2 Å². The molecule has 0 saturated heterocycles. The van der Waals surface area contributed by atoms with Crippen molar-refractivity contribution in [3.8, 4) is 5.75 Å². The first-order valence-corrected chi connectivity index (χ1v) is 8.45. The van der Waals surface area contributed by atoms with Gasteiger partial charge in [0.05, 0.1) is 18.3 Å². The molecule has 0 N–H and O–H groups in total. The Morgan fingerprint density at radius 3 is 2.80 bits per heavy atom. The molecule has 4 rings (SSSR count). The monoisotopic (exact) mass is 338 g/mol. The molecule has 1 atom stereocenters. The van der Waals surface area contributed by atoms with Gasteiger partial charge in [-0.2, -0.15) is 0 Å². The summed E-state index contributed by atoms with van der Waals surface area (Å²) in [6, 6.07) is 8.90. The fourth-order valence-corrected chi connectivity index (χ4v) is 3.48. The molecule has 0 spiro atoms. The Balaban J connectivity index is 2.18. The Kier molecular flexibility index (Phi) is 3.71. The first-order valence-electron chi connectivity index (χ1n) is 8.45. The molecule has 5 heteroatoms. The molecule has 1 unspecified atom stereocenters. The van der Waals surface area contributed by atoms with E-state index in [1.807, 2.05) is 31.2 Å². The molecular formula is C20H18O5. The number of esters is 1. The number of ether oxygens (including phenoxy) is 2. The standard InChI is InChI=1S/C20H18O5/c1-3-23-20(22)15-10-16(21)25-19-14-9-8-11(2)24-18(14)13-7-5-4-6-12(13)17(15)19/h4-7,10-11H,3,8-9H2,1-2H3. The lowest BCUT2D eigenvalue weighted by molar-refractivity contribution is 0.0528. The van der Waals surface area contributed by atoms with E-state index in [0.29, 0.717) is 11.0 Å². The normalized spacial score (nSPS) is 16.5. The Morgan fingerprint density at radius 2 is 2.04 bits per heavy atom. The quantitative estimate of drug-likeness (QED) is 0.403. The Bertz CT molecular complexity index is 1050. The summed E-state index contributed by atoms with van der Waals surface area (Å²) >= 11 is 0. The van der Waals surface area contributed by atoms with E-state index in [0.717, 1.165) is 34.9 Å². The minimum atomic E-state index is -0.563. The van der Waals surface area contributed by atoms with Gasteiger partial charge < -0.3 is 13.9 Å². The average molecular weight is 338 g/mol. The van der Waals surface area contributed by atoms with Crippen molar-refractivity contribution in [2.45, 2.75) is 32.8 Å². The lowest BCUT2D eigenvalue weighted by Gasteiger charge is -2.26. The summed E-state index contributed by atoms with van der Waals surface area (Å²) in [5.74, 6) is 0.224. The van der Waals surface area contributed by atoms with E-state index < -0.39 is 11.6 Å². The van der Waals surface area contributed by atoms with Crippen LogP contribution in [0.15, 0.2) is 39.5 Å². The van der Waals surface area contributed by atoms with Crippen LogP contribution in [0.25, 0.3) is 21.7 Å². The topological polar surface area (TPSA) is 65.7 Å². The van der Waals surface area contributed by atoms with E-state index in [2.05, 4.69) is 0 Å². The smallest absolute Gasteiger partial charge is 0.339 e. The highest BCUT2D eigenvalue weighted by Crippen LogP contribution is 2.42. The first kappa shape index (κ1) is 15.7. The minimum absolute atomic E-state index is 0.0910. The van der Waals surface area contributed by atoms with Crippen molar-refractivity contribution in [1.29, 1.82) is 0 Å². The molecule has 5 nitrogen and oxygen atoms in total. The molecule has 2 aromatic carbocycles. The zero-order chi connectivity index (χ0) is 17.6. The third kappa shape index (κ3) is 2.47. The van der Waals surface area contributed by atoms with Crippen LogP contribution in [0.5, 0.6) is 5.75 Å². The summed E-state index contributed by atoms with van der Waals surface area (Å²) in [6.07, 6.45) is 1.65. The number of carbonyl (C=O) groups is 1. The zero-order valence-electron chi connectivity index (χ0n) is 14.1. The van der Waals surface area contributed by atoms with Gasteiger partial charge >= 0.3 is 11.6 Å². The number of rotatable bonds is 2. The van der Waals surface area contributed by atoms with Crippen molar-refractivity contribution < 1.29 is 18.7 Å². The van der Waals surface area contributed by atoms with Crippen LogP contribution in [0, 0.1) is 0 Å². The summed E-state index contributed by atoms with van der Waals surface area (Å²) in [6.45, 7) is 4.00. The van der Waals surface area contributed by atoms with Gasteiger partial charge in [-0.05, 0) is 32.1 Å².